The minimum absolute atomic E-state index is 0.0520. The van der Waals surface area contributed by atoms with Crippen LogP contribution in [-0.4, -0.2) is 31.2 Å². The molecule has 20 heavy (non-hydrogen) atoms. The standard InChI is InChI=1S/C14H18N2O2S2/c1-18-7-6-15-14(17)16(10-12-4-2-8-19-12)11-13-5-3-9-20-13/h2-5,8-9H,6-7,10-11H2,1H3,(H,15,17). The number of rotatable bonds is 7. The van der Waals surface area contributed by atoms with Gasteiger partial charge in [-0.2, -0.15) is 0 Å². The van der Waals surface area contributed by atoms with Crippen LogP contribution in [0.3, 0.4) is 0 Å². The van der Waals surface area contributed by atoms with Crippen molar-refractivity contribution in [2.45, 2.75) is 13.1 Å². The highest BCUT2D eigenvalue weighted by Crippen LogP contribution is 2.17. The number of hydrogen-bond acceptors (Lipinski definition) is 4. The Morgan fingerprint density at radius 2 is 1.80 bits per heavy atom. The number of nitrogens with zero attached hydrogens (tertiary/aromatic N) is 1. The van der Waals surface area contributed by atoms with Gasteiger partial charge in [-0.3, -0.25) is 0 Å². The molecule has 1 N–H and O–H groups in total. The van der Waals surface area contributed by atoms with Crippen molar-refractivity contribution in [1.82, 2.24) is 10.2 Å². The summed E-state index contributed by atoms with van der Waals surface area (Å²) in [5.41, 5.74) is 0. The quantitative estimate of drug-likeness (QED) is 0.798. The van der Waals surface area contributed by atoms with Crippen molar-refractivity contribution in [3.8, 4) is 0 Å². The molecule has 108 valence electrons. The first-order valence-electron chi connectivity index (χ1n) is 6.36. The van der Waals surface area contributed by atoms with Gasteiger partial charge in [0.1, 0.15) is 0 Å². The third-order valence-electron chi connectivity index (χ3n) is 2.72. The number of urea groups is 1. The molecule has 0 unspecified atom stereocenters. The number of methoxy groups -OCH3 is 1. The summed E-state index contributed by atoms with van der Waals surface area (Å²) in [6, 6.07) is 8.06. The molecule has 2 heterocycles. The number of ether oxygens (including phenoxy) is 1. The zero-order valence-electron chi connectivity index (χ0n) is 11.4. The Morgan fingerprint density at radius 3 is 2.25 bits per heavy atom. The van der Waals surface area contributed by atoms with Crippen molar-refractivity contribution < 1.29 is 9.53 Å². The monoisotopic (exact) mass is 310 g/mol. The normalized spacial score (nSPS) is 10.4. The first-order valence-corrected chi connectivity index (χ1v) is 8.12. The molecule has 2 rings (SSSR count). The second-order valence-electron chi connectivity index (χ2n) is 4.24. The van der Waals surface area contributed by atoms with Crippen LogP contribution in [-0.2, 0) is 17.8 Å². The second-order valence-corrected chi connectivity index (χ2v) is 6.30. The Morgan fingerprint density at radius 1 is 1.20 bits per heavy atom. The first-order chi connectivity index (χ1) is 9.79. The van der Waals surface area contributed by atoms with Gasteiger partial charge in [0.05, 0.1) is 19.7 Å². The molecule has 2 aromatic rings. The zero-order valence-corrected chi connectivity index (χ0v) is 13.0. The van der Waals surface area contributed by atoms with Crippen LogP contribution in [0.15, 0.2) is 35.0 Å². The molecular weight excluding hydrogens is 292 g/mol. The van der Waals surface area contributed by atoms with Gasteiger partial charge in [0.25, 0.3) is 0 Å². The first kappa shape index (κ1) is 15.0. The summed E-state index contributed by atoms with van der Waals surface area (Å²) in [6.45, 7) is 2.32. The maximum absolute atomic E-state index is 12.2. The Bertz CT molecular complexity index is 461. The van der Waals surface area contributed by atoms with Crippen LogP contribution < -0.4 is 5.32 Å². The van der Waals surface area contributed by atoms with Crippen molar-refractivity contribution in [2.24, 2.45) is 0 Å². The Hall–Kier alpha value is -1.37. The Balaban J connectivity index is 1.97. The van der Waals surface area contributed by atoms with E-state index in [1.165, 1.54) is 9.75 Å². The molecule has 2 aromatic heterocycles. The Labute approximate surface area is 127 Å². The van der Waals surface area contributed by atoms with Crippen LogP contribution in [0.2, 0.25) is 0 Å². The highest BCUT2D eigenvalue weighted by atomic mass is 32.1. The lowest BCUT2D eigenvalue weighted by Crippen LogP contribution is -2.40. The molecule has 0 aromatic carbocycles. The van der Waals surface area contributed by atoms with E-state index in [1.54, 1.807) is 29.8 Å². The molecular formula is C14H18N2O2S2. The van der Waals surface area contributed by atoms with Crippen LogP contribution in [0.4, 0.5) is 4.79 Å². The number of thiophene rings is 2. The molecule has 0 aliphatic heterocycles. The van der Waals surface area contributed by atoms with Gasteiger partial charge in [-0.05, 0) is 22.9 Å². The lowest BCUT2D eigenvalue weighted by molar-refractivity contribution is 0.176. The van der Waals surface area contributed by atoms with Gasteiger partial charge in [-0.1, -0.05) is 12.1 Å². The predicted molar refractivity (Wildman–Crippen MR) is 83.2 cm³/mol. The molecule has 0 fully saturated rings. The fraction of sp³-hybridized carbons (Fsp3) is 0.357. The van der Waals surface area contributed by atoms with Crippen molar-refractivity contribution in [3.05, 3.63) is 44.8 Å². The van der Waals surface area contributed by atoms with Crippen LogP contribution in [0.1, 0.15) is 9.75 Å². The molecule has 2 amide bonds. The summed E-state index contributed by atoms with van der Waals surface area (Å²) in [6.07, 6.45) is 0. The summed E-state index contributed by atoms with van der Waals surface area (Å²) in [5.74, 6) is 0. The fourth-order valence-electron chi connectivity index (χ4n) is 1.75. The second kappa shape index (κ2) is 8.04. The third-order valence-corrected chi connectivity index (χ3v) is 4.45. The summed E-state index contributed by atoms with van der Waals surface area (Å²) in [7, 11) is 1.63. The van der Waals surface area contributed by atoms with E-state index in [0.717, 1.165) is 0 Å². The van der Waals surface area contributed by atoms with Gasteiger partial charge in [0, 0.05) is 23.4 Å². The molecule has 0 radical (unpaired) electrons. The summed E-state index contributed by atoms with van der Waals surface area (Å²) >= 11 is 3.33. The highest BCUT2D eigenvalue weighted by Gasteiger charge is 2.15. The fourth-order valence-corrected chi connectivity index (χ4v) is 3.19. The number of hydrogen-bond donors (Lipinski definition) is 1. The lowest BCUT2D eigenvalue weighted by atomic mass is 10.4. The van der Waals surface area contributed by atoms with E-state index in [4.69, 9.17) is 4.74 Å². The summed E-state index contributed by atoms with van der Waals surface area (Å²) in [5, 5.41) is 6.94. The van der Waals surface area contributed by atoms with Crippen molar-refractivity contribution in [1.29, 1.82) is 0 Å². The number of carbonyl (C=O) groups excluding carboxylic acids is 1. The molecule has 0 aliphatic rings. The maximum Gasteiger partial charge on any atom is 0.318 e. The van der Waals surface area contributed by atoms with Gasteiger partial charge in [-0.15, -0.1) is 22.7 Å². The van der Waals surface area contributed by atoms with Gasteiger partial charge in [0.2, 0.25) is 0 Å². The molecule has 6 heteroatoms. The minimum Gasteiger partial charge on any atom is -0.383 e. The SMILES string of the molecule is COCCNC(=O)N(Cc1cccs1)Cc1cccs1. The Kier molecular flexibility index (Phi) is 6.04. The molecule has 0 spiro atoms. The van der Waals surface area contributed by atoms with E-state index < -0.39 is 0 Å². The van der Waals surface area contributed by atoms with E-state index in [1.807, 2.05) is 27.8 Å². The number of nitrogens with one attached hydrogen (secondary N) is 1. The van der Waals surface area contributed by atoms with Crippen LogP contribution >= 0.6 is 22.7 Å². The molecule has 0 atom stereocenters. The molecule has 0 bridgehead atoms. The predicted octanol–water partition coefficient (Wildman–Crippen LogP) is 3.17. The number of amides is 2. The van der Waals surface area contributed by atoms with Gasteiger partial charge < -0.3 is 15.0 Å². The lowest BCUT2D eigenvalue weighted by Gasteiger charge is -2.22. The minimum atomic E-state index is -0.0520. The van der Waals surface area contributed by atoms with Gasteiger partial charge >= 0.3 is 6.03 Å². The molecule has 0 saturated heterocycles. The zero-order chi connectivity index (χ0) is 14.2. The van der Waals surface area contributed by atoms with E-state index in [-0.39, 0.29) is 6.03 Å². The molecule has 0 saturated carbocycles. The highest BCUT2D eigenvalue weighted by molar-refractivity contribution is 7.10. The van der Waals surface area contributed by atoms with Crippen LogP contribution in [0.25, 0.3) is 0 Å². The van der Waals surface area contributed by atoms with Crippen molar-refractivity contribution >= 4 is 28.7 Å². The summed E-state index contributed by atoms with van der Waals surface area (Å²) in [4.78, 5) is 16.4. The van der Waals surface area contributed by atoms with Crippen molar-refractivity contribution in [2.75, 3.05) is 20.3 Å². The average molecular weight is 310 g/mol. The van der Waals surface area contributed by atoms with E-state index in [9.17, 15) is 4.79 Å². The van der Waals surface area contributed by atoms with E-state index >= 15 is 0 Å². The van der Waals surface area contributed by atoms with Gasteiger partial charge in [0.15, 0.2) is 0 Å². The molecule has 0 aliphatic carbocycles. The van der Waals surface area contributed by atoms with Crippen LogP contribution in [0.5, 0.6) is 0 Å². The van der Waals surface area contributed by atoms with E-state index in [2.05, 4.69) is 17.4 Å². The largest absolute Gasteiger partial charge is 0.383 e. The van der Waals surface area contributed by atoms with Crippen LogP contribution in [0, 0.1) is 0 Å². The van der Waals surface area contributed by atoms with Crippen molar-refractivity contribution in [3.63, 3.8) is 0 Å². The average Bonchev–Trinajstić information content (AvgIpc) is 3.11. The topological polar surface area (TPSA) is 41.6 Å². The van der Waals surface area contributed by atoms with E-state index in [0.29, 0.717) is 26.2 Å². The smallest absolute Gasteiger partial charge is 0.318 e. The van der Waals surface area contributed by atoms with Gasteiger partial charge in [-0.25, -0.2) is 4.79 Å². The summed E-state index contributed by atoms with van der Waals surface area (Å²) < 4.78 is 4.95. The number of carbonyl (C=O) groups is 1. The molecule has 4 nitrogen and oxygen atoms in total. The maximum atomic E-state index is 12.2. The third kappa shape index (κ3) is 4.63.